The van der Waals surface area contributed by atoms with Gasteiger partial charge in [-0.15, -0.1) is 10.2 Å². The summed E-state index contributed by atoms with van der Waals surface area (Å²) >= 11 is 7.40. The van der Waals surface area contributed by atoms with Crippen molar-refractivity contribution in [2.24, 2.45) is 0 Å². The van der Waals surface area contributed by atoms with Crippen LogP contribution in [-0.2, 0) is 11.3 Å². The van der Waals surface area contributed by atoms with E-state index < -0.39 is 0 Å². The van der Waals surface area contributed by atoms with E-state index in [1.165, 1.54) is 11.8 Å². The quantitative estimate of drug-likeness (QED) is 0.364. The molecule has 0 aliphatic carbocycles. The van der Waals surface area contributed by atoms with Gasteiger partial charge >= 0.3 is 0 Å². The smallest absolute Gasteiger partial charge is 0.231 e. The molecule has 1 aliphatic heterocycles. The molecule has 7 nitrogen and oxygen atoms in total. The second kappa shape index (κ2) is 9.79. The van der Waals surface area contributed by atoms with Crippen molar-refractivity contribution in [2.45, 2.75) is 18.6 Å². The minimum absolute atomic E-state index is 0.102. The zero-order chi connectivity index (χ0) is 23.5. The van der Waals surface area contributed by atoms with Crippen molar-refractivity contribution in [1.29, 1.82) is 0 Å². The Morgan fingerprint density at radius 2 is 1.88 bits per heavy atom. The minimum atomic E-state index is -0.102. The fourth-order valence-electron chi connectivity index (χ4n) is 3.58. The molecule has 0 fully saturated rings. The molecule has 3 aromatic carbocycles. The fourth-order valence-corrected chi connectivity index (χ4v) is 4.49. The van der Waals surface area contributed by atoms with Crippen LogP contribution in [0.25, 0.3) is 17.1 Å². The molecule has 0 radical (unpaired) electrons. The molecular weight excluding hydrogens is 472 g/mol. The lowest BCUT2D eigenvalue weighted by atomic mass is 10.2. The number of amides is 1. The van der Waals surface area contributed by atoms with Crippen molar-refractivity contribution in [2.75, 3.05) is 12.5 Å². The van der Waals surface area contributed by atoms with Gasteiger partial charge in [-0.3, -0.25) is 9.36 Å². The highest BCUT2D eigenvalue weighted by Crippen LogP contribution is 2.32. The number of nitrogens with zero attached hydrogens (tertiary/aromatic N) is 3. The predicted octanol–water partition coefficient (Wildman–Crippen LogP) is 5.03. The van der Waals surface area contributed by atoms with E-state index >= 15 is 0 Å². The van der Waals surface area contributed by atoms with Crippen LogP contribution in [0, 0.1) is 6.92 Å². The number of hydrogen-bond donors (Lipinski definition) is 1. The molecule has 0 saturated heterocycles. The average molecular weight is 493 g/mol. The van der Waals surface area contributed by atoms with E-state index in [0.717, 1.165) is 28.1 Å². The molecule has 9 heteroatoms. The van der Waals surface area contributed by atoms with Crippen LogP contribution in [-0.4, -0.2) is 33.2 Å². The summed E-state index contributed by atoms with van der Waals surface area (Å²) in [4.78, 5) is 12.6. The maximum Gasteiger partial charge on any atom is 0.231 e. The van der Waals surface area contributed by atoms with Crippen LogP contribution in [0.3, 0.4) is 0 Å². The molecule has 1 amide bonds. The topological polar surface area (TPSA) is 78.3 Å². The maximum absolute atomic E-state index is 12.6. The van der Waals surface area contributed by atoms with Crippen molar-refractivity contribution in [1.82, 2.24) is 20.1 Å². The van der Waals surface area contributed by atoms with Crippen molar-refractivity contribution >= 4 is 29.3 Å². The van der Waals surface area contributed by atoms with Gasteiger partial charge in [-0.25, -0.2) is 0 Å². The molecule has 0 unspecified atom stereocenters. The number of aromatic nitrogens is 3. The molecule has 2 heterocycles. The Labute approximate surface area is 206 Å². The van der Waals surface area contributed by atoms with Crippen LogP contribution in [0.4, 0.5) is 0 Å². The fraction of sp³-hybridized carbons (Fsp3) is 0.160. The molecule has 0 saturated carbocycles. The van der Waals surface area contributed by atoms with Gasteiger partial charge in [0, 0.05) is 22.8 Å². The van der Waals surface area contributed by atoms with Crippen LogP contribution < -0.4 is 14.8 Å². The number of carbonyl (C=O) groups excluding carboxylic acids is 1. The highest BCUT2D eigenvalue weighted by molar-refractivity contribution is 7.99. The van der Waals surface area contributed by atoms with E-state index in [1.54, 1.807) is 0 Å². The second-order valence-electron chi connectivity index (χ2n) is 7.74. The van der Waals surface area contributed by atoms with E-state index in [-0.39, 0.29) is 18.5 Å². The third kappa shape index (κ3) is 4.88. The Bertz CT molecular complexity index is 1340. The minimum Gasteiger partial charge on any atom is -0.454 e. The first-order valence-electron chi connectivity index (χ1n) is 10.6. The number of hydrogen-bond acceptors (Lipinski definition) is 6. The molecule has 1 aromatic heterocycles. The number of benzene rings is 3. The molecule has 1 N–H and O–H groups in total. The van der Waals surface area contributed by atoms with E-state index in [2.05, 4.69) is 21.6 Å². The first-order chi connectivity index (χ1) is 16.6. The number of carbonyl (C=O) groups is 1. The van der Waals surface area contributed by atoms with Gasteiger partial charge in [0.05, 0.1) is 5.75 Å². The lowest BCUT2D eigenvalue weighted by Crippen LogP contribution is -2.24. The second-order valence-corrected chi connectivity index (χ2v) is 9.12. The molecule has 0 spiro atoms. The SMILES string of the molecule is Cc1cccc(-n2c(SCC(=O)NCc3ccc4c(c3)OCO4)nnc2-c2ccc(Cl)cc2)c1. The normalized spacial score (nSPS) is 12.1. The van der Waals surface area contributed by atoms with E-state index in [1.807, 2.05) is 72.2 Å². The molecular formula is C25H21ClN4O3S. The number of nitrogens with one attached hydrogen (secondary N) is 1. The summed E-state index contributed by atoms with van der Waals surface area (Å²) in [6.07, 6.45) is 0. The summed E-state index contributed by atoms with van der Waals surface area (Å²) in [5.74, 6) is 2.20. The average Bonchev–Trinajstić information content (AvgIpc) is 3.48. The van der Waals surface area contributed by atoms with Crippen molar-refractivity contribution < 1.29 is 14.3 Å². The Morgan fingerprint density at radius 1 is 1.06 bits per heavy atom. The molecule has 5 rings (SSSR count). The molecule has 34 heavy (non-hydrogen) atoms. The maximum atomic E-state index is 12.6. The highest BCUT2D eigenvalue weighted by Gasteiger charge is 2.18. The monoisotopic (exact) mass is 492 g/mol. The van der Waals surface area contributed by atoms with E-state index in [9.17, 15) is 4.79 Å². The highest BCUT2D eigenvalue weighted by atomic mass is 35.5. The molecule has 1 aliphatic rings. The van der Waals surface area contributed by atoms with Gasteiger partial charge in [-0.1, -0.05) is 41.6 Å². The summed E-state index contributed by atoms with van der Waals surface area (Å²) in [6.45, 7) is 2.66. The summed E-state index contributed by atoms with van der Waals surface area (Å²) in [7, 11) is 0. The first kappa shape index (κ1) is 22.3. The lowest BCUT2D eigenvalue weighted by Gasteiger charge is -2.11. The summed E-state index contributed by atoms with van der Waals surface area (Å²) in [5, 5.41) is 13.0. The number of rotatable bonds is 7. The summed E-state index contributed by atoms with van der Waals surface area (Å²) in [5.41, 5.74) is 3.87. The summed E-state index contributed by atoms with van der Waals surface area (Å²) in [6, 6.07) is 21.2. The Kier molecular flexibility index (Phi) is 6.42. The number of aryl methyl sites for hydroxylation is 1. The van der Waals surface area contributed by atoms with E-state index in [4.69, 9.17) is 21.1 Å². The number of halogens is 1. The Hall–Kier alpha value is -3.49. The van der Waals surface area contributed by atoms with Gasteiger partial charge in [0.15, 0.2) is 22.5 Å². The largest absolute Gasteiger partial charge is 0.454 e. The van der Waals surface area contributed by atoms with E-state index in [0.29, 0.717) is 28.3 Å². The third-order valence-corrected chi connectivity index (χ3v) is 6.44. The van der Waals surface area contributed by atoms with Crippen molar-refractivity contribution in [3.8, 4) is 28.6 Å². The zero-order valence-electron chi connectivity index (χ0n) is 18.3. The van der Waals surface area contributed by atoms with Crippen molar-refractivity contribution in [3.05, 3.63) is 82.9 Å². The number of ether oxygens (including phenoxy) is 2. The number of fused-ring (bicyclic) bond motifs is 1. The van der Waals surface area contributed by atoms with Gasteiger partial charge in [0.2, 0.25) is 12.7 Å². The molecule has 172 valence electrons. The van der Waals surface area contributed by atoms with Gasteiger partial charge in [-0.2, -0.15) is 0 Å². The Balaban J connectivity index is 1.32. The van der Waals surface area contributed by atoms with Crippen LogP contribution in [0.2, 0.25) is 5.02 Å². The Morgan fingerprint density at radius 3 is 2.71 bits per heavy atom. The standard InChI is InChI=1S/C25H21ClN4O3S/c1-16-3-2-4-20(11-16)30-24(18-6-8-19(26)9-7-18)28-29-25(30)34-14-23(31)27-13-17-5-10-21-22(12-17)33-15-32-21/h2-12H,13-15H2,1H3,(H,27,31). The van der Waals surface area contributed by atoms with Crippen molar-refractivity contribution in [3.63, 3.8) is 0 Å². The first-order valence-corrected chi connectivity index (χ1v) is 12.0. The third-order valence-electron chi connectivity index (χ3n) is 5.25. The lowest BCUT2D eigenvalue weighted by molar-refractivity contribution is -0.118. The van der Waals surface area contributed by atoms with Crippen LogP contribution in [0.5, 0.6) is 11.5 Å². The van der Waals surface area contributed by atoms with Crippen LogP contribution in [0.15, 0.2) is 71.9 Å². The number of thioether (sulfide) groups is 1. The van der Waals surface area contributed by atoms with Gasteiger partial charge < -0.3 is 14.8 Å². The van der Waals surface area contributed by atoms with Crippen LogP contribution in [0.1, 0.15) is 11.1 Å². The zero-order valence-corrected chi connectivity index (χ0v) is 19.9. The predicted molar refractivity (Wildman–Crippen MR) is 132 cm³/mol. The summed E-state index contributed by atoms with van der Waals surface area (Å²) < 4.78 is 12.7. The molecule has 0 bridgehead atoms. The molecule has 0 atom stereocenters. The van der Waals surface area contributed by atoms with Crippen LogP contribution >= 0.6 is 23.4 Å². The van der Waals surface area contributed by atoms with Gasteiger partial charge in [0.1, 0.15) is 0 Å². The van der Waals surface area contributed by atoms with Gasteiger partial charge in [0.25, 0.3) is 0 Å². The van der Waals surface area contributed by atoms with Gasteiger partial charge in [-0.05, 0) is 66.6 Å². The molecule has 4 aromatic rings.